The van der Waals surface area contributed by atoms with Crippen LogP contribution >= 0.6 is 36.2 Å². The number of halogens is 2. The fourth-order valence-corrected chi connectivity index (χ4v) is 4.64. The van der Waals surface area contributed by atoms with Crippen LogP contribution in [0, 0.1) is 11.8 Å². The highest BCUT2D eigenvalue weighted by atomic mass is 35.5. The summed E-state index contributed by atoms with van der Waals surface area (Å²) in [4.78, 5) is 31.3. The van der Waals surface area contributed by atoms with E-state index in [2.05, 4.69) is 15.6 Å². The van der Waals surface area contributed by atoms with Gasteiger partial charge in [-0.05, 0) is 49.9 Å². The molecule has 2 aliphatic rings. The van der Waals surface area contributed by atoms with Crippen molar-refractivity contribution in [1.82, 2.24) is 15.2 Å². The van der Waals surface area contributed by atoms with Crippen LogP contribution in [0.3, 0.4) is 0 Å². The molecule has 0 unspecified atom stereocenters. The fraction of sp³-hybridized carbons (Fsp3) is 0.450. The molecule has 29 heavy (non-hydrogen) atoms. The lowest BCUT2D eigenvalue weighted by molar-refractivity contribution is -0.130. The van der Waals surface area contributed by atoms with Gasteiger partial charge >= 0.3 is 0 Å². The van der Waals surface area contributed by atoms with E-state index in [9.17, 15) is 9.59 Å². The van der Waals surface area contributed by atoms with Gasteiger partial charge in [-0.3, -0.25) is 14.9 Å². The van der Waals surface area contributed by atoms with Gasteiger partial charge in [-0.15, -0.1) is 36.2 Å². The van der Waals surface area contributed by atoms with Crippen LogP contribution in [-0.2, 0) is 11.2 Å². The average molecular weight is 457 g/mol. The first-order chi connectivity index (χ1) is 13.2. The molecule has 0 bridgehead atoms. The summed E-state index contributed by atoms with van der Waals surface area (Å²) in [6.07, 6.45) is 2.46. The molecule has 0 saturated carbocycles. The van der Waals surface area contributed by atoms with Crippen molar-refractivity contribution < 1.29 is 9.59 Å². The summed E-state index contributed by atoms with van der Waals surface area (Å²) < 4.78 is 0. The lowest BCUT2D eigenvalue weighted by Crippen LogP contribution is -2.34. The van der Waals surface area contributed by atoms with Crippen molar-refractivity contribution in [3.05, 3.63) is 47.0 Å². The van der Waals surface area contributed by atoms with E-state index in [4.69, 9.17) is 0 Å². The first kappa shape index (κ1) is 23.6. The van der Waals surface area contributed by atoms with Gasteiger partial charge in [-0.2, -0.15) is 0 Å². The molecule has 1 aromatic heterocycles. The number of aromatic nitrogens is 1. The van der Waals surface area contributed by atoms with E-state index in [-0.39, 0.29) is 36.6 Å². The Hall–Kier alpha value is -1.67. The summed E-state index contributed by atoms with van der Waals surface area (Å²) in [7, 11) is 0. The van der Waals surface area contributed by atoms with Crippen LogP contribution in [0.5, 0.6) is 0 Å². The summed E-state index contributed by atoms with van der Waals surface area (Å²) in [5.41, 5.74) is 1.31. The van der Waals surface area contributed by atoms with Gasteiger partial charge in [0, 0.05) is 24.0 Å². The minimum absolute atomic E-state index is 0. The molecule has 2 atom stereocenters. The Morgan fingerprint density at radius 2 is 1.76 bits per heavy atom. The van der Waals surface area contributed by atoms with Gasteiger partial charge in [-0.1, -0.05) is 18.2 Å². The minimum Gasteiger partial charge on any atom is -0.342 e. The van der Waals surface area contributed by atoms with Crippen molar-refractivity contribution in [2.75, 3.05) is 31.5 Å². The number of amides is 2. The molecule has 2 saturated heterocycles. The summed E-state index contributed by atoms with van der Waals surface area (Å²) in [6.45, 7) is 3.85. The van der Waals surface area contributed by atoms with Crippen LogP contribution in [0.2, 0.25) is 0 Å². The molecule has 158 valence electrons. The van der Waals surface area contributed by atoms with Crippen molar-refractivity contribution in [1.29, 1.82) is 0 Å². The number of nitrogens with one attached hydrogen (secondary N) is 2. The standard InChI is InChI=1S/C20H24N4O2S.2ClH/c25-18(24-8-6-15-11-21-12-16(15)7-9-24)10-17-13-27-20(22-17)23-19(26)14-4-2-1-3-5-14;;/h1-5,13,15-16,21H,6-12H2,(H,22,23,26);2*1H/t15-,16+;;. The second kappa shape index (κ2) is 10.9. The third-order valence-corrected chi connectivity index (χ3v) is 6.32. The number of benzene rings is 1. The van der Waals surface area contributed by atoms with Crippen molar-refractivity contribution in [2.45, 2.75) is 19.3 Å². The Balaban J connectivity index is 0.00000150. The number of nitrogens with zero attached hydrogens (tertiary/aromatic N) is 2. The maximum Gasteiger partial charge on any atom is 0.257 e. The molecule has 1 aromatic carbocycles. The lowest BCUT2D eigenvalue weighted by Gasteiger charge is -2.20. The fourth-order valence-electron chi connectivity index (χ4n) is 3.94. The zero-order chi connectivity index (χ0) is 18.6. The smallest absolute Gasteiger partial charge is 0.257 e. The van der Waals surface area contributed by atoms with Crippen molar-refractivity contribution in [2.24, 2.45) is 11.8 Å². The highest BCUT2D eigenvalue weighted by molar-refractivity contribution is 7.14. The van der Waals surface area contributed by atoms with Crippen molar-refractivity contribution in [3.63, 3.8) is 0 Å². The zero-order valence-electron chi connectivity index (χ0n) is 16.0. The van der Waals surface area contributed by atoms with Crippen LogP contribution in [0.25, 0.3) is 0 Å². The molecule has 6 nitrogen and oxygen atoms in total. The van der Waals surface area contributed by atoms with Crippen LogP contribution in [0.15, 0.2) is 35.7 Å². The third kappa shape index (κ3) is 5.92. The van der Waals surface area contributed by atoms with Crippen LogP contribution in [0.4, 0.5) is 5.13 Å². The number of fused-ring (bicyclic) bond motifs is 1. The number of thiazole rings is 1. The van der Waals surface area contributed by atoms with Gasteiger partial charge in [-0.25, -0.2) is 4.98 Å². The van der Waals surface area contributed by atoms with E-state index < -0.39 is 0 Å². The Kier molecular flexibility index (Phi) is 8.89. The summed E-state index contributed by atoms with van der Waals surface area (Å²) >= 11 is 1.36. The number of carbonyl (C=O) groups excluding carboxylic acids is 2. The summed E-state index contributed by atoms with van der Waals surface area (Å²) in [5.74, 6) is 1.37. The number of hydrogen-bond donors (Lipinski definition) is 2. The molecule has 0 radical (unpaired) electrons. The monoisotopic (exact) mass is 456 g/mol. The van der Waals surface area contributed by atoms with Gasteiger partial charge in [0.15, 0.2) is 5.13 Å². The first-order valence-corrected chi connectivity index (χ1v) is 10.4. The summed E-state index contributed by atoms with van der Waals surface area (Å²) in [5, 5.41) is 8.65. The second-order valence-corrected chi connectivity index (χ2v) is 8.14. The van der Waals surface area contributed by atoms with E-state index in [1.165, 1.54) is 11.3 Å². The quantitative estimate of drug-likeness (QED) is 0.740. The molecule has 4 rings (SSSR count). The van der Waals surface area contributed by atoms with Crippen LogP contribution < -0.4 is 10.6 Å². The summed E-state index contributed by atoms with van der Waals surface area (Å²) in [6, 6.07) is 9.05. The van der Waals surface area contributed by atoms with Crippen LogP contribution in [-0.4, -0.2) is 47.9 Å². The predicted molar refractivity (Wildman–Crippen MR) is 120 cm³/mol. The first-order valence-electron chi connectivity index (χ1n) is 9.48. The Morgan fingerprint density at radius 3 is 2.41 bits per heavy atom. The number of anilines is 1. The normalized spacial score (nSPS) is 20.6. The number of likely N-dealkylation sites (tertiary alicyclic amines) is 1. The number of carbonyl (C=O) groups is 2. The number of rotatable bonds is 4. The van der Waals surface area contributed by atoms with E-state index >= 15 is 0 Å². The van der Waals surface area contributed by atoms with E-state index in [1.807, 2.05) is 28.5 Å². The Labute approximate surface area is 187 Å². The molecule has 0 aliphatic carbocycles. The minimum atomic E-state index is -0.185. The van der Waals surface area contributed by atoms with Gasteiger partial charge in [0.1, 0.15) is 0 Å². The topological polar surface area (TPSA) is 74.3 Å². The average Bonchev–Trinajstić information content (AvgIpc) is 3.27. The molecular formula is C20H26Cl2N4O2S. The van der Waals surface area contributed by atoms with Crippen molar-refractivity contribution in [3.8, 4) is 0 Å². The molecule has 2 aromatic rings. The molecule has 3 heterocycles. The molecule has 2 N–H and O–H groups in total. The van der Waals surface area contributed by atoms with Gasteiger partial charge in [0.2, 0.25) is 5.91 Å². The van der Waals surface area contributed by atoms with Crippen molar-refractivity contribution >= 4 is 53.1 Å². The predicted octanol–water partition coefficient (Wildman–Crippen LogP) is 3.24. The Morgan fingerprint density at radius 1 is 1.10 bits per heavy atom. The van der Waals surface area contributed by atoms with E-state index in [1.54, 1.807) is 12.1 Å². The lowest BCUT2D eigenvalue weighted by atomic mass is 9.92. The molecular weight excluding hydrogens is 431 g/mol. The highest BCUT2D eigenvalue weighted by Gasteiger charge is 2.31. The maximum atomic E-state index is 12.7. The maximum absolute atomic E-state index is 12.7. The zero-order valence-corrected chi connectivity index (χ0v) is 18.5. The van der Waals surface area contributed by atoms with E-state index in [0.29, 0.717) is 29.0 Å². The second-order valence-electron chi connectivity index (χ2n) is 7.28. The Bertz CT molecular complexity index is 804. The molecule has 2 amide bonds. The molecule has 0 spiro atoms. The third-order valence-electron chi connectivity index (χ3n) is 5.51. The van der Waals surface area contributed by atoms with Gasteiger partial charge in [0.25, 0.3) is 5.91 Å². The molecule has 2 fully saturated rings. The molecule has 9 heteroatoms. The largest absolute Gasteiger partial charge is 0.342 e. The van der Waals surface area contributed by atoms with E-state index in [0.717, 1.165) is 44.7 Å². The van der Waals surface area contributed by atoms with Gasteiger partial charge in [0.05, 0.1) is 12.1 Å². The molecule has 2 aliphatic heterocycles. The van der Waals surface area contributed by atoms with Crippen LogP contribution in [0.1, 0.15) is 28.9 Å². The van der Waals surface area contributed by atoms with Gasteiger partial charge < -0.3 is 10.2 Å². The number of hydrogen-bond acceptors (Lipinski definition) is 5. The SMILES string of the molecule is Cl.Cl.O=C(Nc1nc(CC(=O)N2CC[C@@H]3CNC[C@@H]3CC2)cs1)c1ccccc1. The highest BCUT2D eigenvalue weighted by Crippen LogP contribution is 2.27.